The zero-order valence-electron chi connectivity index (χ0n) is 9.25. The average molecular weight is 244 g/mol. The lowest BCUT2D eigenvalue weighted by molar-refractivity contribution is -0.141. The highest BCUT2D eigenvalue weighted by atomic mass is 16.4. The van der Waals surface area contributed by atoms with E-state index in [9.17, 15) is 9.59 Å². The molecule has 0 spiro atoms. The zero-order chi connectivity index (χ0) is 13.7. The molecule has 0 aromatic heterocycles. The molecule has 1 rings (SSSR count). The van der Waals surface area contributed by atoms with Crippen LogP contribution in [0.4, 0.5) is 0 Å². The number of allylic oxidation sites excluding steroid dienone is 2. The number of likely N-dealkylation sites (tertiary alicyclic amines) is 1. The molecule has 1 unspecified atom stereocenters. The van der Waals surface area contributed by atoms with Crippen molar-refractivity contribution < 1.29 is 14.7 Å². The number of rotatable bonds is 3. The van der Waals surface area contributed by atoms with Gasteiger partial charge >= 0.3 is 5.97 Å². The molecular formula is C11H8N4O3. The third-order valence-corrected chi connectivity index (χ3v) is 2.56. The Balaban J connectivity index is 3.12. The number of amides is 1. The van der Waals surface area contributed by atoms with Crippen LogP contribution < -0.4 is 0 Å². The van der Waals surface area contributed by atoms with E-state index in [-0.39, 0.29) is 30.7 Å². The maximum atomic E-state index is 11.6. The minimum Gasteiger partial charge on any atom is -0.481 e. The van der Waals surface area contributed by atoms with Gasteiger partial charge in [-0.2, -0.15) is 15.8 Å². The van der Waals surface area contributed by atoms with Crippen molar-refractivity contribution in [2.24, 2.45) is 5.92 Å². The van der Waals surface area contributed by atoms with Gasteiger partial charge in [0.15, 0.2) is 0 Å². The second-order valence-corrected chi connectivity index (χ2v) is 3.62. The first-order chi connectivity index (χ1) is 8.54. The number of hydrogen-bond acceptors (Lipinski definition) is 5. The van der Waals surface area contributed by atoms with Gasteiger partial charge in [-0.15, -0.1) is 0 Å². The predicted octanol–water partition coefficient (Wildman–Crippen LogP) is 0.134. The molecule has 1 atom stereocenters. The van der Waals surface area contributed by atoms with Crippen LogP contribution in [0.15, 0.2) is 11.3 Å². The average Bonchev–Trinajstić information content (AvgIpc) is 2.72. The summed E-state index contributed by atoms with van der Waals surface area (Å²) in [7, 11) is 0. The smallest absolute Gasteiger partial charge is 0.308 e. The van der Waals surface area contributed by atoms with Crippen LogP contribution in [0.5, 0.6) is 0 Å². The van der Waals surface area contributed by atoms with Crippen LogP contribution in [0, 0.1) is 39.9 Å². The summed E-state index contributed by atoms with van der Waals surface area (Å²) in [5, 5.41) is 35.0. The van der Waals surface area contributed by atoms with Crippen LogP contribution in [0.3, 0.4) is 0 Å². The summed E-state index contributed by atoms with van der Waals surface area (Å²) >= 11 is 0. The van der Waals surface area contributed by atoms with Crippen LogP contribution in [0.2, 0.25) is 0 Å². The van der Waals surface area contributed by atoms with Crippen LogP contribution in [-0.4, -0.2) is 28.4 Å². The standard InChI is InChI=1S/C11H8N4O3/c12-2-1-9(8(4-13)5-14)15-6-7(11(17)18)3-10(15)16/h7H,1,3,6H2,(H,17,18). The summed E-state index contributed by atoms with van der Waals surface area (Å²) in [6, 6.07) is 4.97. The molecule has 1 heterocycles. The Bertz CT molecular complexity index is 528. The number of aliphatic carboxylic acids is 1. The van der Waals surface area contributed by atoms with E-state index in [1.54, 1.807) is 18.2 Å². The molecular weight excluding hydrogens is 236 g/mol. The van der Waals surface area contributed by atoms with Gasteiger partial charge in [-0.3, -0.25) is 9.59 Å². The monoisotopic (exact) mass is 244 g/mol. The van der Waals surface area contributed by atoms with E-state index in [0.717, 1.165) is 4.90 Å². The molecule has 0 aliphatic carbocycles. The third-order valence-electron chi connectivity index (χ3n) is 2.56. The summed E-state index contributed by atoms with van der Waals surface area (Å²) in [4.78, 5) is 23.5. The molecule has 1 amide bonds. The summed E-state index contributed by atoms with van der Waals surface area (Å²) < 4.78 is 0. The predicted molar refractivity (Wildman–Crippen MR) is 55.9 cm³/mol. The van der Waals surface area contributed by atoms with Gasteiger partial charge in [0.2, 0.25) is 5.91 Å². The van der Waals surface area contributed by atoms with Gasteiger partial charge in [-0.05, 0) is 0 Å². The van der Waals surface area contributed by atoms with Crippen molar-refractivity contribution in [1.82, 2.24) is 4.90 Å². The van der Waals surface area contributed by atoms with E-state index >= 15 is 0 Å². The van der Waals surface area contributed by atoms with Gasteiger partial charge < -0.3 is 10.0 Å². The van der Waals surface area contributed by atoms with Gasteiger partial charge in [0, 0.05) is 13.0 Å². The lowest BCUT2D eigenvalue weighted by Gasteiger charge is -2.17. The highest BCUT2D eigenvalue weighted by molar-refractivity contribution is 5.87. The lowest BCUT2D eigenvalue weighted by atomic mass is 10.1. The minimum absolute atomic E-state index is 0.0174. The number of carbonyl (C=O) groups excluding carboxylic acids is 1. The summed E-state index contributed by atoms with van der Waals surface area (Å²) in [6.07, 6.45) is -0.469. The van der Waals surface area contributed by atoms with Crippen LogP contribution in [0.25, 0.3) is 0 Å². The molecule has 0 bridgehead atoms. The number of carboxylic acids is 1. The molecule has 0 radical (unpaired) electrons. The largest absolute Gasteiger partial charge is 0.481 e. The van der Waals surface area contributed by atoms with Crippen molar-refractivity contribution in [1.29, 1.82) is 15.8 Å². The van der Waals surface area contributed by atoms with Crippen LogP contribution in [0.1, 0.15) is 12.8 Å². The van der Waals surface area contributed by atoms with E-state index in [1.807, 2.05) is 0 Å². The van der Waals surface area contributed by atoms with Crippen LogP contribution in [-0.2, 0) is 9.59 Å². The minimum atomic E-state index is -1.11. The molecule has 1 fully saturated rings. The fourth-order valence-electron chi connectivity index (χ4n) is 1.68. The van der Waals surface area contributed by atoms with Gasteiger partial charge in [0.1, 0.15) is 17.7 Å². The summed E-state index contributed by atoms with van der Waals surface area (Å²) in [5.41, 5.74) is -0.354. The molecule has 1 N–H and O–H groups in total. The molecule has 90 valence electrons. The second-order valence-electron chi connectivity index (χ2n) is 3.62. The van der Waals surface area contributed by atoms with E-state index < -0.39 is 17.8 Å². The first-order valence-electron chi connectivity index (χ1n) is 4.98. The lowest BCUT2D eigenvalue weighted by Crippen LogP contribution is -2.26. The van der Waals surface area contributed by atoms with E-state index in [2.05, 4.69) is 0 Å². The Labute approximate surface area is 103 Å². The fourth-order valence-corrected chi connectivity index (χ4v) is 1.68. The number of carbonyl (C=O) groups is 2. The van der Waals surface area contributed by atoms with Gasteiger partial charge in [0.05, 0.1) is 24.1 Å². The maximum Gasteiger partial charge on any atom is 0.308 e. The molecule has 1 saturated heterocycles. The van der Waals surface area contributed by atoms with Gasteiger partial charge in [-0.25, -0.2) is 0 Å². The second kappa shape index (κ2) is 5.47. The molecule has 18 heavy (non-hydrogen) atoms. The number of carboxylic acid groups (broad SMARTS) is 1. The Hall–Kier alpha value is -2.85. The maximum absolute atomic E-state index is 11.6. The topological polar surface area (TPSA) is 129 Å². The molecule has 0 saturated carbocycles. The Morgan fingerprint density at radius 2 is 2.00 bits per heavy atom. The SMILES string of the molecule is N#CCC(=C(C#N)C#N)N1CC(C(=O)O)CC1=O. The number of nitrogens with zero attached hydrogens (tertiary/aromatic N) is 4. The molecule has 1 aliphatic heterocycles. The van der Waals surface area contributed by atoms with Crippen molar-refractivity contribution in [3.63, 3.8) is 0 Å². The Morgan fingerprint density at radius 1 is 1.39 bits per heavy atom. The van der Waals surface area contributed by atoms with Crippen molar-refractivity contribution in [3.05, 3.63) is 11.3 Å². The van der Waals surface area contributed by atoms with E-state index in [1.165, 1.54) is 0 Å². The molecule has 0 aromatic rings. The highest BCUT2D eigenvalue weighted by Crippen LogP contribution is 2.25. The Kier molecular flexibility index (Phi) is 4.02. The van der Waals surface area contributed by atoms with Crippen molar-refractivity contribution >= 4 is 11.9 Å². The summed E-state index contributed by atoms with van der Waals surface area (Å²) in [5.74, 6) is -2.47. The number of nitriles is 3. The molecule has 0 aromatic carbocycles. The van der Waals surface area contributed by atoms with Crippen molar-refractivity contribution in [3.8, 4) is 18.2 Å². The Morgan fingerprint density at radius 3 is 2.39 bits per heavy atom. The normalized spacial score (nSPS) is 17.5. The van der Waals surface area contributed by atoms with Crippen molar-refractivity contribution in [2.75, 3.05) is 6.54 Å². The van der Waals surface area contributed by atoms with Gasteiger partial charge in [0.25, 0.3) is 0 Å². The first-order valence-corrected chi connectivity index (χ1v) is 4.98. The zero-order valence-corrected chi connectivity index (χ0v) is 9.25. The highest BCUT2D eigenvalue weighted by Gasteiger charge is 2.36. The van der Waals surface area contributed by atoms with Crippen LogP contribution >= 0.6 is 0 Å². The van der Waals surface area contributed by atoms with Crippen molar-refractivity contribution in [2.45, 2.75) is 12.8 Å². The quantitative estimate of drug-likeness (QED) is 0.702. The van der Waals surface area contributed by atoms with Gasteiger partial charge in [-0.1, -0.05) is 0 Å². The van der Waals surface area contributed by atoms with E-state index in [0.29, 0.717) is 0 Å². The fraction of sp³-hybridized carbons (Fsp3) is 0.364. The van der Waals surface area contributed by atoms with E-state index in [4.69, 9.17) is 20.9 Å². The first kappa shape index (κ1) is 13.2. The number of hydrogen-bond donors (Lipinski definition) is 1. The third kappa shape index (κ3) is 2.45. The molecule has 7 nitrogen and oxygen atoms in total. The summed E-state index contributed by atoms with van der Waals surface area (Å²) in [6.45, 7) is -0.113. The molecule has 7 heteroatoms. The molecule has 1 aliphatic rings.